The number of carbonyl (C=O) groups excluding carboxylic acids is 1. The number of hydrogen-bond donors (Lipinski definition) is 0. The van der Waals surface area contributed by atoms with Crippen LogP contribution in [0.15, 0.2) is 12.2 Å². The SMILES string of the molecule is CC(C)[C@@H]1CC[C@@H](C)C[C@H]1OC(=O)[C@]12CC=CC[C@@H]1[C@@H]1CC[C@H]2C1. The maximum absolute atomic E-state index is 13.5. The molecule has 0 spiro atoms. The Hall–Kier alpha value is -0.790. The minimum absolute atomic E-state index is 0.154. The molecule has 0 amide bonds. The summed E-state index contributed by atoms with van der Waals surface area (Å²) in [6.07, 6.45) is 14.2. The number of allylic oxidation sites excluding steroid dienone is 2. The van der Waals surface area contributed by atoms with Gasteiger partial charge in [0.05, 0.1) is 5.41 Å². The highest BCUT2D eigenvalue weighted by molar-refractivity contribution is 5.79. The molecule has 0 N–H and O–H groups in total. The first kappa shape index (κ1) is 16.7. The molecule has 3 saturated carbocycles. The molecule has 0 saturated heterocycles. The van der Waals surface area contributed by atoms with Gasteiger partial charge < -0.3 is 4.74 Å². The minimum atomic E-state index is -0.167. The zero-order chi connectivity index (χ0) is 16.9. The summed E-state index contributed by atoms with van der Waals surface area (Å²) in [6, 6.07) is 0. The lowest BCUT2D eigenvalue weighted by Gasteiger charge is -2.45. The normalized spacial score (nSPS) is 47.0. The summed E-state index contributed by atoms with van der Waals surface area (Å²) in [4.78, 5) is 13.5. The van der Waals surface area contributed by atoms with E-state index in [0.717, 1.165) is 25.2 Å². The second-order valence-corrected chi connectivity index (χ2v) is 9.60. The van der Waals surface area contributed by atoms with Crippen LogP contribution in [0.2, 0.25) is 0 Å². The number of carbonyl (C=O) groups is 1. The Morgan fingerprint density at radius 1 is 1.12 bits per heavy atom. The summed E-state index contributed by atoms with van der Waals surface area (Å²) in [5.74, 6) is 3.95. The maximum Gasteiger partial charge on any atom is 0.313 e. The average molecular weight is 331 g/mol. The van der Waals surface area contributed by atoms with Crippen molar-refractivity contribution in [2.75, 3.05) is 0 Å². The average Bonchev–Trinajstić information content (AvgIpc) is 3.16. The Bertz CT molecular complexity index is 522. The van der Waals surface area contributed by atoms with Crippen molar-refractivity contribution in [1.29, 1.82) is 0 Å². The molecule has 4 rings (SSSR count). The first-order valence-electron chi connectivity index (χ1n) is 10.4. The molecule has 4 aliphatic carbocycles. The van der Waals surface area contributed by atoms with Crippen LogP contribution in [0.5, 0.6) is 0 Å². The molecule has 0 aromatic rings. The topological polar surface area (TPSA) is 26.3 Å². The first-order chi connectivity index (χ1) is 11.5. The number of hydrogen-bond acceptors (Lipinski definition) is 2. The number of ether oxygens (including phenoxy) is 1. The van der Waals surface area contributed by atoms with Gasteiger partial charge in [0.25, 0.3) is 0 Å². The van der Waals surface area contributed by atoms with Gasteiger partial charge in [0.2, 0.25) is 0 Å². The summed E-state index contributed by atoms with van der Waals surface area (Å²) >= 11 is 0. The van der Waals surface area contributed by atoms with Gasteiger partial charge in [-0.25, -0.2) is 0 Å². The van der Waals surface area contributed by atoms with Crippen LogP contribution in [0.4, 0.5) is 0 Å². The van der Waals surface area contributed by atoms with Gasteiger partial charge >= 0.3 is 5.97 Å². The Labute approximate surface area is 147 Å². The maximum atomic E-state index is 13.5. The Morgan fingerprint density at radius 2 is 1.96 bits per heavy atom. The van der Waals surface area contributed by atoms with Crippen LogP contribution < -0.4 is 0 Å². The van der Waals surface area contributed by atoms with E-state index in [2.05, 4.69) is 32.9 Å². The molecule has 4 aliphatic rings. The highest BCUT2D eigenvalue weighted by Crippen LogP contribution is 2.64. The van der Waals surface area contributed by atoms with E-state index in [1.807, 2.05) is 0 Å². The van der Waals surface area contributed by atoms with E-state index < -0.39 is 0 Å². The van der Waals surface area contributed by atoms with Crippen molar-refractivity contribution in [3.63, 3.8) is 0 Å². The molecule has 134 valence electrons. The highest BCUT2D eigenvalue weighted by atomic mass is 16.5. The highest BCUT2D eigenvalue weighted by Gasteiger charge is 2.62. The summed E-state index contributed by atoms with van der Waals surface area (Å²) in [7, 11) is 0. The first-order valence-corrected chi connectivity index (χ1v) is 10.4. The van der Waals surface area contributed by atoms with Crippen LogP contribution in [0.25, 0.3) is 0 Å². The van der Waals surface area contributed by atoms with Crippen molar-refractivity contribution in [3.05, 3.63) is 12.2 Å². The van der Waals surface area contributed by atoms with E-state index in [-0.39, 0.29) is 17.5 Å². The van der Waals surface area contributed by atoms with E-state index in [4.69, 9.17) is 4.74 Å². The standard InChI is InChI=1S/C22H34O2/c1-14(2)18-10-7-15(3)12-20(18)24-21(23)22-11-5-4-6-19(22)16-8-9-17(22)13-16/h4-5,14-20H,6-13H2,1-3H3/t15-,16-,17+,18+,19-,20-,22+/m1/s1. The molecule has 3 fully saturated rings. The van der Waals surface area contributed by atoms with Crippen molar-refractivity contribution < 1.29 is 9.53 Å². The lowest BCUT2D eigenvalue weighted by Crippen LogP contribution is -2.48. The second kappa shape index (κ2) is 6.18. The van der Waals surface area contributed by atoms with Crippen molar-refractivity contribution in [2.45, 2.75) is 78.2 Å². The Morgan fingerprint density at radius 3 is 2.75 bits per heavy atom. The zero-order valence-corrected chi connectivity index (χ0v) is 15.7. The monoisotopic (exact) mass is 330 g/mol. The van der Waals surface area contributed by atoms with Gasteiger partial charge in [-0.2, -0.15) is 0 Å². The predicted molar refractivity (Wildman–Crippen MR) is 96.4 cm³/mol. The van der Waals surface area contributed by atoms with Crippen LogP contribution in [0.3, 0.4) is 0 Å². The number of esters is 1. The third kappa shape index (κ3) is 2.47. The molecule has 2 bridgehead atoms. The summed E-state index contributed by atoms with van der Waals surface area (Å²) in [5, 5.41) is 0. The summed E-state index contributed by atoms with van der Waals surface area (Å²) in [5.41, 5.74) is -0.167. The molecule has 2 heteroatoms. The summed E-state index contributed by atoms with van der Waals surface area (Å²) < 4.78 is 6.36. The largest absolute Gasteiger partial charge is 0.462 e. The predicted octanol–water partition coefficient (Wildman–Crippen LogP) is 5.37. The molecule has 0 radical (unpaired) electrons. The third-order valence-corrected chi connectivity index (χ3v) is 8.04. The zero-order valence-electron chi connectivity index (χ0n) is 15.7. The number of rotatable bonds is 3. The molecule has 0 unspecified atom stereocenters. The minimum Gasteiger partial charge on any atom is -0.462 e. The molecule has 0 aromatic carbocycles. The second-order valence-electron chi connectivity index (χ2n) is 9.60. The molecular formula is C22H34O2. The summed E-state index contributed by atoms with van der Waals surface area (Å²) in [6.45, 7) is 6.91. The fourth-order valence-corrected chi connectivity index (χ4v) is 6.71. The van der Waals surface area contributed by atoms with E-state index >= 15 is 0 Å². The molecule has 7 atom stereocenters. The Kier molecular flexibility index (Phi) is 4.29. The van der Waals surface area contributed by atoms with E-state index in [1.54, 1.807) is 0 Å². The lowest BCUT2D eigenvalue weighted by molar-refractivity contribution is -0.176. The van der Waals surface area contributed by atoms with Crippen LogP contribution in [-0.2, 0) is 9.53 Å². The van der Waals surface area contributed by atoms with Gasteiger partial charge in [0.15, 0.2) is 0 Å². The van der Waals surface area contributed by atoms with E-state index in [1.165, 1.54) is 32.1 Å². The van der Waals surface area contributed by atoms with Gasteiger partial charge in [-0.15, -0.1) is 0 Å². The van der Waals surface area contributed by atoms with Crippen molar-refractivity contribution in [3.8, 4) is 0 Å². The molecule has 0 heterocycles. The van der Waals surface area contributed by atoms with Crippen LogP contribution in [0, 0.1) is 40.9 Å². The van der Waals surface area contributed by atoms with Gasteiger partial charge in [-0.3, -0.25) is 4.79 Å². The quantitative estimate of drug-likeness (QED) is 0.513. The molecule has 0 aromatic heterocycles. The molecule has 2 nitrogen and oxygen atoms in total. The molecule has 0 aliphatic heterocycles. The Balaban J connectivity index is 1.55. The fourth-order valence-electron chi connectivity index (χ4n) is 6.71. The van der Waals surface area contributed by atoms with E-state index in [9.17, 15) is 4.79 Å². The van der Waals surface area contributed by atoms with Crippen LogP contribution in [-0.4, -0.2) is 12.1 Å². The van der Waals surface area contributed by atoms with Crippen molar-refractivity contribution in [2.24, 2.45) is 40.9 Å². The fraction of sp³-hybridized carbons (Fsp3) is 0.864. The van der Waals surface area contributed by atoms with Crippen molar-refractivity contribution >= 4 is 5.97 Å². The molecular weight excluding hydrogens is 296 g/mol. The van der Waals surface area contributed by atoms with Crippen molar-refractivity contribution in [1.82, 2.24) is 0 Å². The van der Waals surface area contributed by atoms with Gasteiger partial charge in [-0.1, -0.05) is 39.3 Å². The van der Waals surface area contributed by atoms with Crippen LogP contribution in [0.1, 0.15) is 72.1 Å². The van der Waals surface area contributed by atoms with Crippen LogP contribution >= 0.6 is 0 Å². The smallest absolute Gasteiger partial charge is 0.313 e. The van der Waals surface area contributed by atoms with Gasteiger partial charge in [0.1, 0.15) is 6.10 Å². The number of fused-ring (bicyclic) bond motifs is 5. The van der Waals surface area contributed by atoms with Gasteiger partial charge in [-0.05, 0) is 80.5 Å². The van der Waals surface area contributed by atoms with Gasteiger partial charge in [0, 0.05) is 0 Å². The van der Waals surface area contributed by atoms with E-state index in [0.29, 0.717) is 29.6 Å². The molecule has 24 heavy (non-hydrogen) atoms. The lowest BCUT2D eigenvalue weighted by atomic mass is 9.61. The third-order valence-electron chi connectivity index (χ3n) is 8.04.